The minimum atomic E-state index is 0.161. The maximum atomic E-state index is 9.31. The molecule has 5 nitrogen and oxygen atoms in total. The number of fused-ring (bicyclic) bond motifs is 1. The van der Waals surface area contributed by atoms with Gasteiger partial charge in [0.15, 0.2) is 5.84 Å². The Morgan fingerprint density at radius 3 is 2.48 bits per heavy atom. The first-order valence-corrected chi connectivity index (χ1v) is 10.5. The van der Waals surface area contributed by atoms with Gasteiger partial charge in [-0.1, -0.05) is 13.8 Å². The number of hydrogen-bond donors (Lipinski definition) is 1. The molecule has 29 heavy (non-hydrogen) atoms. The predicted octanol–water partition coefficient (Wildman–Crippen LogP) is 3.97. The third-order valence-corrected chi connectivity index (χ3v) is 6.12. The lowest BCUT2D eigenvalue weighted by atomic mass is 9.76. The number of aliphatic hydroxyl groups is 1. The Morgan fingerprint density at radius 2 is 1.90 bits per heavy atom. The van der Waals surface area contributed by atoms with Gasteiger partial charge in [0.2, 0.25) is 0 Å². The van der Waals surface area contributed by atoms with E-state index in [1.165, 1.54) is 34.4 Å². The first-order valence-electron chi connectivity index (χ1n) is 10.5. The van der Waals surface area contributed by atoms with Gasteiger partial charge >= 0.3 is 0 Å². The van der Waals surface area contributed by atoms with E-state index in [4.69, 9.17) is 10.1 Å². The summed E-state index contributed by atoms with van der Waals surface area (Å²) in [5.74, 6) is 0.722. The van der Waals surface area contributed by atoms with E-state index >= 15 is 0 Å². The first-order chi connectivity index (χ1) is 13.7. The molecule has 156 valence electrons. The monoisotopic (exact) mass is 394 g/mol. The molecule has 1 N–H and O–H groups in total. The van der Waals surface area contributed by atoms with Crippen LogP contribution >= 0.6 is 0 Å². The lowest BCUT2D eigenvalue weighted by Crippen LogP contribution is -2.23. The number of benzene rings is 1. The lowest BCUT2D eigenvalue weighted by molar-refractivity contribution is 0.299. The average Bonchev–Trinajstić information content (AvgIpc) is 2.97. The van der Waals surface area contributed by atoms with Crippen LogP contribution in [0.1, 0.15) is 66.4 Å². The topological polar surface area (TPSA) is 62.8 Å². The molecule has 0 unspecified atom stereocenters. The normalized spacial score (nSPS) is 16.8. The molecular weight excluding hydrogens is 360 g/mol. The Morgan fingerprint density at radius 1 is 1.24 bits per heavy atom. The summed E-state index contributed by atoms with van der Waals surface area (Å²) in [7, 11) is 3.83. The smallest absolute Gasteiger partial charge is 0.154 e. The summed E-state index contributed by atoms with van der Waals surface area (Å²) in [5, 5.41) is 14.1. The highest BCUT2D eigenvalue weighted by atomic mass is 16.2. The molecule has 1 aromatic carbocycles. The molecule has 3 rings (SSSR count). The standard InChI is InChI=1S/C24H34N4O/c1-15-12-18(13-16(2)19(15)9-11-29)23(25-6)26-17(3)22-20-8-10-24(4,5)14-21(20)28(7)27-22/h12-13,29H,8-11,14H2,1-7H3. The molecule has 0 bridgehead atoms. The molecule has 0 fully saturated rings. The second-order valence-corrected chi connectivity index (χ2v) is 9.05. The van der Waals surface area contributed by atoms with Crippen molar-refractivity contribution in [3.63, 3.8) is 0 Å². The number of amidine groups is 1. The Balaban J connectivity index is 1.98. The van der Waals surface area contributed by atoms with E-state index in [1.807, 2.05) is 18.7 Å². The van der Waals surface area contributed by atoms with Crippen molar-refractivity contribution in [3.05, 3.63) is 51.3 Å². The summed E-state index contributed by atoms with van der Waals surface area (Å²) in [4.78, 5) is 9.36. The van der Waals surface area contributed by atoms with Crippen molar-refractivity contribution in [1.82, 2.24) is 9.78 Å². The zero-order valence-electron chi connectivity index (χ0n) is 18.9. The lowest BCUT2D eigenvalue weighted by Gasteiger charge is -2.29. The van der Waals surface area contributed by atoms with Crippen LogP contribution in [0.15, 0.2) is 22.1 Å². The average molecular weight is 395 g/mol. The fraction of sp³-hybridized carbons (Fsp3) is 0.542. The zero-order valence-corrected chi connectivity index (χ0v) is 18.9. The Labute approximate surface area is 174 Å². The van der Waals surface area contributed by atoms with Gasteiger partial charge < -0.3 is 5.11 Å². The minimum absolute atomic E-state index is 0.161. The molecule has 0 radical (unpaired) electrons. The van der Waals surface area contributed by atoms with Crippen molar-refractivity contribution in [3.8, 4) is 0 Å². The van der Waals surface area contributed by atoms with Crippen LogP contribution in [0.25, 0.3) is 0 Å². The number of hydrogen-bond acceptors (Lipinski definition) is 3. The number of aromatic nitrogens is 2. The van der Waals surface area contributed by atoms with E-state index in [0.717, 1.165) is 35.6 Å². The molecule has 1 heterocycles. The van der Waals surface area contributed by atoms with E-state index in [-0.39, 0.29) is 6.61 Å². The van der Waals surface area contributed by atoms with Gasteiger partial charge in [-0.2, -0.15) is 5.10 Å². The number of nitrogens with zero attached hydrogens (tertiary/aromatic N) is 4. The molecule has 2 aromatic rings. The van der Waals surface area contributed by atoms with Crippen LogP contribution < -0.4 is 0 Å². The summed E-state index contributed by atoms with van der Waals surface area (Å²) < 4.78 is 2.03. The SMILES string of the molecule is CN=C(N=C(C)c1nn(C)c2c1CCC(C)(C)C2)c1cc(C)c(CCO)c(C)c1. The number of aliphatic hydroxyl groups excluding tert-OH is 1. The molecule has 0 saturated carbocycles. The highest BCUT2D eigenvalue weighted by Gasteiger charge is 2.30. The Hall–Kier alpha value is -2.27. The third-order valence-electron chi connectivity index (χ3n) is 6.12. The highest BCUT2D eigenvalue weighted by molar-refractivity contribution is 6.11. The van der Waals surface area contributed by atoms with Gasteiger partial charge in [0, 0.05) is 37.5 Å². The largest absolute Gasteiger partial charge is 0.396 e. The maximum Gasteiger partial charge on any atom is 0.154 e. The summed E-state index contributed by atoms with van der Waals surface area (Å²) in [6, 6.07) is 4.24. The van der Waals surface area contributed by atoms with E-state index < -0.39 is 0 Å². The van der Waals surface area contributed by atoms with Crippen LogP contribution in [-0.4, -0.2) is 40.1 Å². The van der Waals surface area contributed by atoms with Crippen LogP contribution in [0, 0.1) is 19.3 Å². The fourth-order valence-electron chi connectivity index (χ4n) is 4.47. The van der Waals surface area contributed by atoms with Crippen molar-refractivity contribution in [2.24, 2.45) is 22.4 Å². The molecule has 1 aliphatic rings. The van der Waals surface area contributed by atoms with E-state index in [2.05, 4.69) is 44.8 Å². The van der Waals surface area contributed by atoms with Crippen LogP contribution in [0.2, 0.25) is 0 Å². The van der Waals surface area contributed by atoms with E-state index in [1.54, 1.807) is 7.05 Å². The van der Waals surface area contributed by atoms with Gasteiger partial charge in [-0.3, -0.25) is 9.67 Å². The van der Waals surface area contributed by atoms with Gasteiger partial charge in [0.1, 0.15) is 5.69 Å². The van der Waals surface area contributed by atoms with Gasteiger partial charge in [-0.15, -0.1) is 0 Å². The highest BCUT2D eigenvalue weighted by Crippen LogP contribution is 2.36. The van der Waals surface area contributed by atoms with Gasteiger partial charge in [-0.25, -0.2) is 4.99 Å². The number of rotatable bonds is 4. The number of aryl methyl sites for hydroxylation is 3. The Kier molecular flexibility index (Phi) is 6.08. The Bertz CT molecular complexity index is 956. The first kappa shape index (κ1) is 21.4. The van der Waals surface area contributed by atoms with Crippen molar-refractivity contribution >= 4 is 11.5 Å². The molecule has 1 aliphatic carbocycles. The van der Waals surface area contributed by atoms with Crippen molar-refractivity contribution in [2.75, 3.05) is 13.7 Å². The van der Waals surface area contributed by atoms with Crippen LogP contribution in [-0.2, 0) is 26.3 Å². The second kappa shape index (κ2) is 8.23. The second-order valence-electron chi connectivity index (χ2n) is 9.05. The van der Waals surface area contributed by atoms with Crippen LogP contribution in [0.3, 0.4) is 0 Å². The van der Waals surface area contributed by atoms with Crippen molar-refractivity contribution < 1.29 is 5.11 Å². The minimum Gasteiger partial charge on any atom is -0.396 e. The van der Waals surface area contributed by atoms with Crippen LogP contribution in [0.5, 0.6) is 0 Å². The van der Waals surface area contributed by atoms with E-state index in [0.29, 0.717) is 11.8 Å². The van der Waals surface area contributed by atoms with E-state index in [9.17, 15) is 5.11 Å². The van der Waals surface area contributed by atoms with Gasteiger partial charge in [0.05, 0.1) is 5.71 Å². The maximum absolute atomic E-state index is 9.31. The molecule has 0 amide bonds. The molecule has 1 aromatic heterocycles. The van der Waals surface area contributed by atoms with Crippen molar-refractivity contribution in [2.45, 2.75) is 60.3 Å². The molecule has 0 saturated heterocycles. The molecule has 0 atom stereocenters. The molecule has 0 spiro atoms. The van der Waals surface area contributed by atoms with Crippen LogP contribution in [0.4, 0.5) is 0 Å². The van der Waals surface area contributed by atoms with Gasteiger partial charge in [-0.05, 0) is 80.7 Å². The molecular formula is C24H34N4O. The summed E-state index contributed by atoms with van der Waals surface area (Å²) in [6.45, 7) is 11.0. The number of aliphatic imine (C=N–C) groups is 2. The third kappa shape index (κ3) is 4.35. The summed E-state index contributed by atoms with van der Waals surface area (Å²) in [5.41, 5.74) is 9.46. The predicted molar refractivity (Wildman–Crippen MR) is 120 cm³/mol. The fourth-order valence-corrected chi connectivity index (χ4v) is 4.47. The molecule has 0 aliphatic heterocycles. The zero-order chi connectivity index (χ0) is 21.3. The summed E-state index contributed by atoms with van der Waals surface area (Å²) in [6.07, 6.45) is 3.95. The quantitative estimate of drug-likeness (QED) is 0.630. The summed E-state index contributed by atoms with van der Waals surface area (Å²) >= 11 is 0. The van der Waals surface area contributed by atoms with Gasteiger partial charge in [0.25, 0.3) is 0 Å². The molecule has 5 heteroatoms. The van der Waals surface area contributed by atoms with Crippen molar-refractivity contribution in [1.29, 1.82) is 0 Å².